The van der Waals surface area contributed by atoms with Crippen molar-refractivity contribution in [3.05, 3.63) is 78.7 Å². The molecule has 2 aliphatic carbocycles. The Hall–Kier alpha value is -2.69. The topological polar surface area (TPSA) is 96.5 Å². The lowest BCUT2D eigenvalue weighted by molar-refractivity contribution is -0.123. The number of imide groups is 1. The van der Waals surface area contributed by atoms with E-state index in [0.717, 1.165) is 26.4 Å². The minimum Gasteiger partial charge on any atom is -0.462 e. The van der Waals surface area contributed by atoms with Crippen molar-refractivity contribution in [3.63, 3.8) is 0 Å². The Morgan fingerprint density at radius 3 is 2.53 bits per heavy atom. The Balaban J connectivity index is 1.25. The van der Waals surface area contributed by atoms with Crippen LogP contribution in [0.1, 0.15) is 40.1 Å². The van der Waals surface area contributed by atoms with E-state index in [1.54, 1.807) is 43.0 Å². The number of nitrogens with zero attached hydrogens (tertiary/aromatic N) is 1. The Bertz CT molecular complexity index is 1550. The van der Waals surface area contributed by atoms with Gasteiger partial charge in [0.15, 0.2) is 0 Å². The fourth-order valence-electron chi connectivity index (χ4n) is 7.31. The Morgan fingerprint density at radius 2 is 1.82 bits per heavy atom. The van der Waals surface area contributed by atoms with E-state index in [1.807, 2.05) is 12.1 Å². The van der Waals surface area contributed by atoms with E-state index in [0.29, 0.717) is 11.3 Å². The molecule has 3 fully saturated rings. The minimum absolute atomic E-state index is 0.00513. The van der Waals surface area contributed by atoms with Crippen LogP contribution in [0.2, 0.25) is 0 Å². The zero-order chi connectivity index (χ0) is 26.3. The average Bonchev–Trinajstić information content (AvgIpc) is 3.63. The standard InChI is InChI=1S/C28H23BrN2O5S2/c1-2-36-27(34)12-6-8-15(9-7-12)31-25(32)20-16-11-17(21(20)26(31)33)22-19(16)18(13-4-3-5-14(29)10-13)23-24(37-22)30-28(35)38-23/h3-10,16-22H,2,11H2,1H3,(H,30,35). The third-order valence-electron chi connectivity index (χ3n) is 8.57. The summed E-state index contributed by atoms with van der Waals surface area (Å²) in [5, 5.41) is 1.05. The third-order valence-corrected chi connectivity index (χ3v) is 11.6. The van der Waals surface area contributed by atoms with Crippen LogP contribution in [0, 0.1) is 29.6 Å². The highest BCUT2D eigenvalue weighted by molar-refractivity contribution is 9.10. The summed E-state index contributed by atoms with van der Waals surface area (Å²) in [6.45, 7) is 2.02. The molecule has 7 nitrogen and oxygen atoms in total. The number of hydrogen-bond donors (Lipinski definition) is 1. The monoisotopic (exact) mass is 610 g/mol. The molecule has 38 heavy (non-hydrogen) atoms. The van der Waals surface area contributed by atoms with Crippen LogP contribution in [-0.4, -0.2) is 34.6 Å². The molecule has 0 spiro atoms. The van der Waals surface area contributed by atoms with E-state index >= 15 is 0 Å². The van der Waals surface area contributed by atoms with Gasteiger partial charge in [-0.05, 0) is 73.1 Å². The molecule has 7 atom stereocenters. The molecule has 1 saturated heterocycles. The summed E-state index contributed by atoms with van der Waals surface area (Å²) < 4.78 is 6.03. The number of aromatic amines is 1. The summed E-state index contributed by atoms with van der Waals surface area (Å²) in [6, 6.07) is 14.7. The number of aromatic nitrogens is 1. The van der Waals surface area contributed by atoms with Gasteiger partial charge in [-0.1, -0.05) is 39.4 Å². The number of rotatable bonds is 4. The maximum absolute atomic E-state index is 13.9. The van der Waals surface area contributed by atoms with Crippen molar-refractivity contribution in [2.45, 2.75) is 29.5 Å². The van der Waals surface area contributed by atoms with E-state index in [9.17, 15) is 19.2 Å². The van der Waals surface area contributed by atoms with Gasteiger partial charge in [-0.25, -0.2) is 4.79 Å². The van der Waals surface area contributed by atoms with Gasteiger partial charge in [-0.3, -0.25) is 19.3 Å². The van der Waals surface area contributed by atoms with E-state index in [4.69, 9.17) is 4.74 Å². The molecule has 7 rings (SSSR count). The molecule has 1 N–H and O–H groups in total. The first-order valence-electron chi connectivity index (χ1n) is 12.7. The number of fused-ring (bicyclic) bond motifs is 9. The van der Waals surface area contributed by atoms with Crippen molar-refractivity contribution in [3.8, 4) is 0 Å². The molecule has 2 bridgehead atoms. The van der Waals surface area contributed by atoms with Crippen molar-refractivity contribution < 1.29 is 19.1 Å². The summed E-state index contributed by atoms with van der Waals surface area (Å²) >= 11 is 6.54. The van der Waals surface area contributed by atoms with Crippen LogP contribution < -0.4 is 9.77 Å². The zero-order valence-electron chi connectivity index (χ0n) is 20.3. The zero-order valence-corrected chi connectivity index (χ0v) is 23.5. The number of benzene rings is 2. The molecule has 2 amide bonds. The summed E-state index contributed by atoms with van der Waals surface area (Å²) in [6.07, 6.45) is 0.842. The maximum atomic E-state index is 13.9. The first-order chi connectivity index (χ1) is 18.4. The molecule has 2 aliphatic heterocycles. The number of anilines is 1. The first-order valence-corrected chi connectivity index (χ1v) is 15.2. The minimum atomic E-state index is -0.432. The second kappa shape index (κ2) is 8.93. The molecule has 1 aromatic heterocycles. The van der Waals surface area contributed by atoms with Crippen LogP contribution in [-0.2, 0) is 14.3 Å². The van der Waals surface area contributed by atoms with Gasteiger partial charge in [0.2, 0.25) is 11.8 Å². The predicted octanol–water partition coefficient (Wildman–Crippen LogP) is 5.05. The van der Waals surface area contributed by atoms with E-state index in [1.165, 1.54) is 16.2 Å². The van der Waals surface area contributed by atoms with E-state index in [2.05, 4.69) is 33.0 Å². The Kier molecular flexibility index (Phi) is 5.72. The Morgan fingerprint density at radius 1 is 1.08 bits per heavy atom. The second-order valence-corrected chi connectivity index (χ2v) is 13.4. The molecule has 3 aromatic rings. The number of nitrogens with one attached hydrogen (secondary N) is 1. The number of thioether (sulfide) groups is 1. The molecule has 0 radical (unpaired) electrons. The number of carbonyl (C=O) groups excluding carboxylic acids is 3. The first kappa shape index (κ1) is 24.4. The number of esters is 1. The van der Waals surface area contributed by atoms with Crippen LogP contribution in [0.3, 0.4) is 0 Å². The van der Waals surface area contributed by atoms with Crippen LogP contribution in [0.25, 0.3) is 0 Å². The fraction of sp³-hybridized carbons (Fsp3) is 0.357. The normalized spacial score (nSPS) is 30.8. The maximum Gasteiger partial charge on any atom is 0.338 e. The molecule has 194 valence electrons. The summed E-state index contributed by atoms with van der Waals surface area (Å²) in [4.78, 5) is 57.4. The van der Waals surface area contributed by atoms with Crippen LogP contribution in [0.15, 0.2) is 62.8 Å². The van der Waals surface area contributed by atoms with Crippen molar-refractivity contribution in [1.82, 2.24) is 4.98 Å². The van der Waals surface area contributed by atoms with Gasteiger partial charge >= 0.3 is 10.8 Å². The van der Waals surface area contributed by atoms with Crippen molar-refractivity contribution in [2.24, 2.45) is 29.6 Å². The number of H-pyrrole nitrogens is 1. The highest BCUT2D eigenvalue weighted by atomic mass is 79.9. The fourth-order valence-corrected chi connectivity index (χ4v) is 10.6. The molecular weight excluding hydrogens is 588 g/mol. The van der Waals surface area contributed by atoms with Gasteiger partial charge in [0, 0.05) is 20.5 Å². The number of amides is 2. The van der Waals surface area contributed by atoms with Crippen molar-refractivity contribution >= 4 is 62.5 Å². The lowest BCUT2D eigenvalue weighted by atomic mass is 9.68. The van der Waals surface area contributed by atoms with Crippen LogP contribution in [0.5, 0.6) is 0 Å². The third kappa shape index (κ3) is 3.46. The number of carbonyl (C=O) groups is 3. The quantitative estimate of drug-likeness (QED) is 0.328. The predicted molar refractivity (Wildman–Crippen MR) is 148 cm³/mol. The highest BCUT2D eigenvalue weighted by Gasteiger charge is 2.69. The number of halogens is 1. The number of thiazole rings is 1. The van der Waals surface area contributed by atoms with Crippen molar-refractivity contribution in [1.29, 1.82) is 0 Å². The molecule has 3 heterocycles. The summed E-state index contributed by atoms with van der Waals surface area (Å²) in [5.41, 5.74) is 2.00. The van der Waals surface area contributed by atoms with Crippen LogP contribution >= 0.6 is 39.0 Å². The lowest BCUT2D eigenvalue weighted by Crippen LogP contribution is -2.42. The summed E-state index contributed by atoms with van der Waals surface area (Å²) in [7, 11) is 0. The van der Waals surface area contributed by atoms with Crippen molar-refractivity contribution in [2.75, 3.05) is 11.5 Å². The second-order valence-electron chi connectivity index (χ2n) is 10.3. The average molecular weight is 612 g/mol. The smallest absolute Gasteiger partial charge is 0.338 e. The molecule has 2 saturated carbocycles. The lowest BCUT2D eigenvalue weighted by Gasteiger charge is -2.43. The molecule has 4 aliphatic rings. The van der Waals surface area contributed by atoms with Gasteiger partial charge in [-0.2, -0.15) is 0 Å². The van der Waals surface area contributed by atoms with Gasteiger partial charge in [0.05, 0.1) is 34.7 Å². The number of hydrogen-bond acceptors (Lipinski definition) is 7. The molecular formula is C28H23BrN2O5S2. The number of ether oxygens (including phenoxy) is 1. The summed E-state index contributed by atoms with van der Waals surface area (Å²) in [5.74, 6) is -1.20. The van der Waals surface area contributed by atoms with Crippen LogP contribution in [0.4, 0.5) is 5.69 Å². The molecule has 2 aromatic carbocycles. The van der Waals surface area contributed by atoms with E-state index in [-0.39, 0.29) is 64.1 Å². The molecule has 7 unspecified atom stereocenters. The van der Waals surface area contributed by atoms with Gasteiger partial charge in [0.1, 0.15) is 0 Å². The molecule has 10 heteroatoms. The SMILES string of the molecule is CCOC(=O)c1ccc(N2C(=O)C3C4CC(C3C2=O)C2C(c3cccc(Br)c3)c3sc(=O)[nH]c3SC42)cc1. The van der Waals surface area contributed by atoms with E-state index < -0.39 is 5.97 Å². The Labute approximate surface area is 235 Å². The van der Waals surface area contributed by atoms with Gasteiger partial charge < -0.3 is 9.72 Å². The largest absolute Gasteiger partial charge is 0.462 e. The van der Waals surface area contributed by atoms with Gasteiger partial charge in [-0.15, -0.1) is 11.8 Å². The highest BCUT2D eigenvalue weighted by Crippen LogP contribution is 2.68. The van der Waals surface area contributed by atoms with Gasteiger partial charge in [0.25, 0.3) is 0 Å².